The first-order chi connectivity index (χ1) is 16.4. The molecule has 3 aromatic rings. The van der Waals surface area contributed by atoms with Crippen molar-refractivity contribution in [1.82, 2.24) is 19.5 Å². The molecule has 0 aliphatic rings. The second-order valence-corrected chi connectivity index (χ2v) is 10.6. The van der Waals surface area contributed by atoms with Crippen molar-refractivity contribution >= 4 is 15.9 Å². The third-order valence-electron chi connectivity index (χ3n) is 5.73. The molecular formula is C25H31FN4O4S. The van der Waals surface area contributed by atoms with E-state index in [0.717, 1.165) is 0 Å². The summed E-state index contributed by atoms with van der Waals surface area (Å²) in [7, 11) is -2.70. The SMILES string of the molecule is COc1cc(-c2cc(F)cc(C(C)C)c2CC(=O)NS(=O)(=O)c2c(C)nn(C(C)C)c2C)ccn1. The molecule has 2 aromatic heterocycles. The summed E-state index contributed by atoms with van der Waals surface area (Å²) in [5, 5.41) is 4.31. The van der Waals surface area contributed by atoms with Crippen molar-refractivity contribution in [2.45, 2.75) is 64.8 Å². The number of rotatable bonds is 8. The number of hydrogen-bond donors (Lipinski definition) is 1. The minimum absolute atomic E-state index is 0.0122. The minimum Gasteiger partial charge on any atom is -0.481 e. The zero-order valence-corrected chi connectivity index (χ0v) is 21.8. The maximum Gasteiger partial charge on any atom is 0.267 e. The first-order valence-corrected chi connectivity index (χ1v) is 12.8. The zero-order chi connectivity index (χ0) is 26.1. The van der Waals surface area contributed by atoms with Crippen molar-refractivity contribution in [2.75, 3.05) is 7.11 Å². The highest BCUT2D eigenvalue weighted by Crippen LogP contribution is 2.33. The second-order valence-electron chi connectivity index (χ2n) is 9.01. The van der Waals surface area contributed by atoms with E-state index in [0.29, 0.717) is 39.5 Å². The van der Waals surface area contributed by atoms with Crippen LogP contribution in [0.2, 0.25) is 0 Å². The normalized spacial score (nSPS) is 11.8. The van der Waals surface area contributed by atoms with Crippen LogP contribution in [0.25, 0.3) is 11.1 Å². The van der Waals surface area contributed by atoms with Gasteiger partial charge >= 0.3 is 0 Å². The van der Waals surface area contributed by atoms with Crippen molar-refractivity contribution in [3.63, 3.8) is 0 Å². The average molecular weight is 503 g/mol. The highest BCUT2D eigenvalue weighted by Gasteiger charge is 2.28. The number of ether oxygens (including phenoxy) is 1. The number of halogens is 1. The van der Waals surface area contributed by atoms with E-state index in [9.17, 15) is 17.6 Å². The van der Waals surface area contributed by atoms with Gasteiger partial charge < -0.3 is 4.74 Å². The van der Waals surface area contributed by atoms with Gasteiger partial charge in [0.1, 0.15) is 10.7 Å². The Balaban J connectivity index is 2.03. The summed E-state index contributed by atoms with van der Waals surface area (Å²) in [6, 6.07) is 6.00. The summed E-state index contributed by atoms with van der Waals surface area (Å²) in [5.41, 5.74) is 2.99. The Morgan fingerprint density at radius 3 is 2.43 bits per heavy atom. The van der Waals surface area contributed by atoms with Gasteiger partial charge in [0.25, 0.3) is 10.0 Å². The lowest BCUT2D eigenvalue weighted by atomic mass is 9.88. The summed E-state index contributed by atoms with van der Waals surface area (Å²) >= 11 is 0. The topological polar surface area (TPSA) is 103 Å². The van der Waals surface area contributed by atoms with Crippen LogP contribution in [0.4, 0.5) is 4.39 Å². The number of pyridine rings is 1. The second kappa shape index (κ2) is 10.2. The van der Waals surface area contributed by atoms with Gasteiger partial charge in [-0.3, -0.25) is 9.48 Å². The van der Waals surface area contributed by atoms with E-state index in [-0.39, 0.29) is 23.3 Å². The van der Waals surface area contributed by atoms with E-state index < -0.39 is 21.7 Å². The van der Waals surface area contributed by atoms with Crippen LogP contribution in [-0.2, 0) is 21.2 Å². The van der Waals surface area contributed by atoms with Crippen molar-refractivity contribution in [1.29, 1.82) is 0 Å². The number of sulfonamides is 1. The smallest absolute Gasteiger partial charge is 0.267 e. The lowest BCUT2D eigenvalue weighted by Crippen LogP contribution is -2.33. The number of hydrogen-bond acceptors (Lipinski definition) is 6. The lowest BCUT2D eigenvalue weighted by Gasteiger charge is -2.18. The van der Waals surface area contributed by atoms with Gasteiger partial charge in [-0.25, -0.2) is 22.5 Å². The number of aryl methyl sites for hydroxylation is 1. The Hall–Kier alpha value is -3.27. The van der Waals surface area contributed by atoms with E-state index in [2.05, 4.69) is 14.8 Å². The van der Waals surface area contributed by atoms with Crippen LogP contribution >= 0.6 is 0 Å². The largest absolute Gasteiger partial charge is 0.481 e. The van der Waals surface area contributed by atoms with E-state index in [1.807, 2.05) is 27.7 Å². The summed E-state index contributed by atoms with van der Waals surface area (Å²) in [6.07, 6.45) is 1.27. The monoisotopic (exact) mass is 502 g/mol. The Kier molecular flexibility index (Phi) is 7.64. The van der Waals surface area contributed by atoms with Gasteiger partial charge in [-0.2, -0.15) is 5.10 Å². The molecule has 10 heteroatoms. The van der Waals surface area contributed by atoms with Gasteiger partial charge in [-0.05, 0) is 74.1 Å². The van der Waals surface area contributed by atoms with Crippen LogP contribution < -0.4 is 9.46 Å². The number of methoxy groups -OCH3 is 1. The molecule has 188 valence electrons. The lowest BCUT2D eigenvalue weighted by molar-refractivity contribution is -0.118. The number of amides is 1. The van der Waals surface area contributed by atoms with Crippen LogP contribution in [0.1, 0.15) is 62.2 Å². The number of nitrogens with one attached hydrogen (secondary N) is 1. The van der Waals surface area contributed by atoms with Crippen molar-refractivity contribution in [3.05, 3.63) is 58.8 Å². The van der Waals surface area contributed by atoms with E-state index >= 15 is 0 Å². The third-order valence-corrected chi connectivity index (χ3v) is 7.35. The number of aromatic nitrogens is 3. The average Bonchev–Trinajstić information content (AvgIpc) is 3.09. The molecule has 35 heavy (non-hydrogen) atoms. The summed E-state index contributed by atoms with van der Waals surface area (Å²) < 4.78 is 49.9. The van der Waals surface area contributed by atoms with Gasteiger partial charge in [0.15, 0.2) is 0 Å². The molecule has 2 heterocycles. The maximum absolute atomic E-state index is 14.6. The molecule has 8 nitrogen and oxygen atoms in total. The predicted molar refractivity (Wildman–Crippen MR) is 131 cm³/mol. The van der Waals surface area contributed by atoms with Crippen molar-refractivity contribution < 1.29 is 22.3 Å². The predicted octanol–water partition coefficient (Wildman–Crippen LogP) is 4.46. The Labute approximate surface area is 205 Å². The fraction of sp³-hybridized carbons (Fsp3) is 0.400. The van der Waals surface area contributed by atoms with Crippen LogP contribution in [-0.4, -0.2) is 36.2 Å². The minimum atomic E-state index is -4.17. The summed E-state index contributed by atoms with van der Waals surface area (Å²) in [5.74, 6) is -0.953. The van der Waals surface area contributed by atoms with Crippen LogP contribution in [0.15, 0.2) is 35.4 Å². The Morgan fingerprint density at radius 1 is 1.17 bits per heavy atom. The Bertz CT molecular complexity index is 1360. The quantitative estimate of drug-likeness (QED) is 0.488. The highest BCUT2D eigenvalue weighted by molar-refractivity contribution is 7.90. The highest BCUT2D eigenvalue weighted by atomic mass is 32.2. The molecular weight excluding hydrogens is 471 g/mol. The summed E-state index contributed by atoms with van der Waals surface area (Å²) in [4.78, 5) is 17.2. The Morgan fingerprint density at radius 2 is 1.86 bits per heavy atom. The number of nitrogens with zero attached hydrogens (tertiary/aromatic N) is 3. The molecule has 0 aliphatic carbocycles. The maximum atomic E-state index is 14.6. The molecule has 1 amide bonds. The number of carbonyl (C=O) groups is 1. The zero-order valence-electron chi connectivity index (χ0n) is 21.0. The van der Waals surface area contributed by atoms with Crippen LogP contribution in [0, 0.1) is 19.7 Å². The van der Waals surface area contributed by atoms with Gasteiger partial charge in [0.05, 0.1) is 24.9 Å². The number of benzene rings is 1. The fourth-order valence-electron chi connectivity index (χ4n) is 4.25. The van der Waals surface area contributed by atoms with Gasteiger partial charge in [-0.15, -0.1) is 0 Å². The molecule has 0 saturated heterocycles. The standard InChI is InChI=1S/C25H31FN4O4S/c1-14(2)20-11-19(26)12-21(18-8-9-27-24(10-18)34-7)22(20)13-23(31)29-35(32,33)25-16(5)28-30(15(3)4)17(25)6/h8-12,14-15H,13H2,1-7H3,(H,29,31). The molecule has 0 fully saturated rings. The van der Waals surface area contributed by atoms with Gasteiger partial charge in [0.2, 0.25) is 11.8 Å². The first kappa shape index (κ1) is 26.3. The molecule has 0 aliphatic heterocycles. The fourth-order valence-corrected chi connectivity index (χ4v) is 5.64. The van der Waals surface area contributed by atoms with E-state index in [1.54, 1.807) is 30.7 Å². The molecule has 1 N–H and O–H groups in total. The number of carbonyl (C=O) groups excluding carboxylic acids is 1. The van der Waals surface area contributed by atoms with Crippen LogP contribution in [0.5, 0.6) is 5.88 Å². The molecule has 3 rings (SSSR count). The molecule has 1 aromatic carbocycles. The van der Waals surface area contributed by atoms with Crippen molar-refractivity contribution in [3.8, 4) is 17.0 Å². The van der Waals surface area contributed by atoms with Gasteiger partial charge in [0, 0.05) is 18.3 Å². The van der Waals surface area contributed by atoms with Gasteiger partial charge in [-0.1, -0.05) is 13.8 Å². The molecule has 0 spiro atoms. The molecule has 0 bridgehead atoms. The first-order valence-electron chi connectivity index (χ1n) is 11.3. The van der Waals surface area contributed by atoms with E-state index in [1.165, 1.54) is 25.4 Å². The summed E-state index contributed by atoms with van der Waals surface area (Å²) in [6.45, 7) is 10.8. The molecule has 0 saturated carbocycles. The van der Waals surface area contributed by atoms with E-state index in [4.69, 9.17) is 4.74 Å². The van der Waals surface area contributed by atoms with Crippen LogP contribution in [0.3, 0.4) is 0 Å². The molecule has 0 atom stereocenters. The third kappa shape index (κ3) is 5.53. The van der Waals surface area contributed by atoms with Crippen molar-refractivity contribution in [2.24, 2.45) is 0 Å². The molecule has 0 unspecified atom stereocenters. The molecule has 0 radical (unpaired) electrons.